The lowest BCUT2D eigenvalue weighted by Gasteiger charge is -1.99. The van der Waals surface area contributed by atoms with Gasteiger partial charge in [0.05, 0.1) is 23.3 Å². The Bertz CT molecular complexity index is 559. The summed E-state index contributed by atoms with van der Waals surface area (Å²) in [4.78, 5) is 4.14. The molecule has 0 atom stereocenters. The van der Waals surface area contributed by atoms with Crippen LogP contribution in [0.5, 0.6) is 0 Å². The summed E-state index contributed by atoms with van der Waals surface area (Å²) < 4.78 is 0. The van der Waals surface area contributed by atoms with E-state index in [-0.39, 0.29) is 0 Å². The van der Waals surface area contributed by atoms with Crippen LogP contribution >= 0.6 is 11.3 Å². The fraction of sp³-hybridized carbons (Fsp3) is 0. The molecular weight excluding hydrogens is 206 g/mol. The minimum atomic E-state index is 0.490. The van der Waals surface area contributed by atoms with Crippen LogP contribution in [0.25, 0.3) is 10.6 Å². The standard InChI is InChI=1S/C11H5N3S/c12-6-8-1-2-10(9(5-8)7-13)11-14-3-4-15-11/h1-5H. The number of thiazole rings is 1. The molecule has 3 nitrogen and oxygen atoms in total. The molecule has 2 rings (SSSR count). The zero-order chi connectivity index (χ0) is 10.7. The lowest BCUT2D eigenvalue weighted by Crippen LogP contribution is -1.85. The third kappa shape index (κ3) is 1.71. The molecule has 0 fully saturated rings. The van der Waals surface area contributed by atoms with Crippen molar-refractivity contribution >= 4 is 11.3 Å². The second-order valence-corrected chi connectivity index (χ2v) is 3.72. The SMILES string of the molecule is N#Cc1ccc(-c2nccs2)c(C#N)c1. The number of rotatable bonds is 1. The highest BCUT2D eigenvalue weighted by atomic mass is 32.1. The van der Waals surface area contributed by atoms with Crippen LogP contribution in [0.15, 0.2) is 29.8 Å². The fourth-order valence-corrected chi connectivity index (χ4v) is 1.93. The van der Waals surface area contributed by atoms with E-state index in [1.807, 2.05) is 11.4 Å². The molecular formula is C11H5N3S. The molecule has 1 aromatic heterocycles. The lowest BCUT2D eigenvalue weighted by molar-refractivity contribution is 1.39. The summed E-state index contributed by atoms with van der Waals surface area (Å²) in [5, 5.41) is 20.3. The highest BCUT2D eigenvalue weighted by Crippen LogP contribution is 2.25. The zero-order valence-electron chi connectivity index (χ0n) is 7.64. The lowest BCUT2D eigenvalue weighted by atomic mass is 10.1. The topological polar surface area (TPSA) is 60.5 Å². The maximum Gasteiger partial charge on any atom is 0.124 e. The molecule has 0 saturated carbocycles. The second kappa shape index (κ2) is 3.91. The van der Waals surface area contributed by atoms with E-state index in [1.54, 1.807) is 24.4 Å². The van der Waals surface area contributed by atoms with Crippen molar-refractivity contribution in [3.63, 3.8) is 0 Å². The fourth-order valence-electron chi connectivity index (χ4n) is 1.25. The van der Waals surface area contributed by atoms with Gasteiger partial charge in [0.25, 0.3) is 0 Å². The van der Waals surface area contributed by atoms with E-state index in [9.17, 15) is 0 Å². The molecule has 15 heavy (non-hydrogen) atoms. The Kier molecular flexibility index (Phi) is 2.45. The first kappa shape index (κ1) is 9.39. The molecule has 2 aromatic rings. The number of benzene rings is 1. The molecule has 0 aliphatic carbocycles. The summed E-state index contributed by atoms with van der Waals surface area (Å²) in [6.45, 7) is 0. The van der Waals surface area contributed by atoms with Gasteiger partial charge in [-0.15, -0.1) is 11.3 Å². The number of aromatic nitrogens is 1. The van der Waals surface area contributed by atoms with Crippen LogP contribution in [0.4, 0.5) is 0 Å². The van der Waals surface area contributed by atoms with E-state index in [0.29, 0.717) is 11.1 Å². The average molecular weight is 211 g/mol. The van der Waals surface area contributed by atoms with Crippen LogP contribution in [0.3, 0.4) is 0 Å². The Hall–Kier alpha value is -2.17. The predicted molar refractivity (Wildman–Crippen MR) is 57.0 cm³/mol. The van der Waals surface area contributed by atoms with Gasteiger partial charge in [0.15, 0.2) is 0 Å². The van der Waals surface area contributed by atoms with Gasteiger partial charge in [-0.05, 0) is 18.2 Å². The summed E-state index contributed by atoms with van der Waals surface area (Å²) in [5.41, 5.74) is 1.77. The highest BCUT2D eigenvalue weighted by molar-refractivity contribution is 7.13. The summed E-state index contributed by atoms with van der Waals surface area (Å²) in [6, 6.07) is 9.11. The van der Waals surface area contributed by atoms with Crippen LogP contribution in [-0.4, -0.2) is 4.98 Å². The normalized spacial score (nSPS) is 9.20. The van der Waals surface area contributed by atoms with Crippen molar-refractivity contribution in [3.05, 3.63) is 40.9 Å². The Balaban J connectivity index is 2.60. The van der Waals surface area contributed by atoms with Crippen LogP contribution < -0.4 is 0 Å². The molecule has 0 N–H and O–H groups in total. The van der Waals surface area contributed by atoms with Crippen molar-refractivity contribution in [2.45, 2.75) is 0 Å². The molecule has 1 heterocycles. The van der Waals surface area contributed by atoms with E-state index in [1.165, 1.54) is 11.3 Å². The number of hydrogen-bond donors (Lipinski definition) is 0. The number of hydrogen-bond acceptors (Lipinski definition) is 4. The van der Waals surface area contributed by atoms with Gasteiger partial charge in [-0.3, -0.25) is 0 Å². The van der Waals surface area contributed by atoms with Crippen molar-refractivity contribution in [3.8, 4) is 22.7 Å². The Morgan fingerprint density at radius 3 is 2.67 bits per heavy atom. The number of nitrogens with zero attached hydrogens (tertiary/aromatic N) is 3. The highest BCUT2D eigenvalue weighted by Gasteiger charge is 2.07. The average Bonchev–Trinajstić information content (AvgIpc) is 2.81. The predicted octanol–water partition coefficient (Wildman–Crippen LogP) is 2.55. The van der Waals surface area contributed by atoms with Crippen LogP contribution in [0, 0.1) is 22.7 Å². The molecule has 0 spiro atoms. The van der Waals surface area contributed by atoms with Crippen LogP contribution in [0.1, 0.15) is 11.1 Å². The summed E-state index contributed by atoms with van der Waals surface area (Å²) in [6.07, 6.45) is 1.69. The van der Waals surface area contributed by atoms with Crippen LogP contribution in [0.2, 0.25) is 0 Å². The first-order valence-electron chi connectivity index (χ1n) is 4.19. The van der Waals surface area contributed by atoms with Crippen molar-refractivity contribution < 1.29 is 0 Å². The van der Waals surface area contributed by atoms with E-state index in [2.05, 4.69) is 11.1 Å². The quantitative estimate of drug-likeness (QED) is 0.728. The Morgan fingerprint density at radius 2 is 2.07 bits per heavy atom. The van der Waals surface area contributed by atoms with Crippen LogP contribution in [-0.2, 0) is 0 Å². The molecule has 0 aliphatic heterocycles. The maximum atomic E-state index is 8.95. The minimum Gasteiger partial charge on any atom is -0.245 e. The maximum absolute atomic E-state index is 8.95. The first-order chi connectivity index (χ1) is 7.35. The molecule has 0 aliphatic rings. The van der Waals surface area contributed by atoms with Gasteiger partial charge in [-0.2, -0.15) is 10.5 Å². The third-order valence-electron chi connectivity index (χ3n) is 1.93. The third-order valence-corrected chi connectivity index (χ3v) is 2.74. The minimum absolute atomic E-state index is 0.490. The first-order valence-corrected chi connectivity index (χ1v) is 5.07. The monoisotopic (exact) mass is 211 g/mol. The Labute approximate surface area is 90.9 Å². The van der Waals surface area contributed by atoms with Gasteiger partial charge in [-0.25, -0.2) is 4.98 Å². The van der Waals surface area contributed by atoms with E-state index < -0.39 is 0 Å². The smallest absolute Gasteiger partial charge is 0.124 e. The largest absolute Gasteiger partial charge is 0.245 e. The summed E-state index contributed by atoms with van der Waals surface area (Å²) in [7, 11) is 0. The molecule has 0 saturated heterocycles. The molecule has 0 amide bonds. The zero-order valence-corrected chi connectivity index (χ0v) is 8.45. The molecule has 1 aromatic carbocycles. The van der Waals surface area contributed by atoms with Gasteiger partial charge in [-0.1, -0.05) is 0 Å². The van der Waals surface area contributed by atoms with Gasteiger partial charge < -0.3 is 0 Å². The van der Waals surface area contributed by atoms with Crippen molar-refractivity contribution in [2.24, 2.45) is 0 Å². The van der Waals surface area contributed by atoms with Gasteiger partial charge in [0.1, 0.15) is 5.01 Å². The van der Waals surface area contributed by atoms with Gasteiger partial charge in [0, 0.05) is 17.1 Å². The Morgan fingerprint density at radius 1 is 1.20 bits per heavy atom. The number of nitriles is 2. The summed E-state index contributed by atoms with van der Waals surface area (Å²) >= 11 is 1.47. The van der Waals surface area contributed by atoms with Gasteiger partial charge in [0.2, 0.25) is 0 Å². The second-order valence-electron chi connectivity index (χ2n) is 2.82. The van der Waals surface area contributed by atoms with Gasteiger partial charge >= 0.3 is 0 Å². The van der Waals surface area contributed by atoms with Crippen molar-refractivity contribution in [1.82, 2.24) is 4.98 Å². The van der Waals surface area contributed by atoms with E-state index >= 15 is 0 Å². The molecule has 70 valence electrons. The van der Waals surface area contributed by atoms with E-state index in [4.69, 9.17) is 10.5 Å². The van der Waals surface area contributed by atoms with Crippen molar-refractivity contribution in [2.75, 3.05) is 0 Å². The molecule has 4 heteroatoms. The molecule has 0 unspecified atom stereocenters. The summed E-state index contributed by atoms with van der Waals surface area (Å²) in [5.74, 6) is 0. The molecule has 0 bridgehead atoms. The van der Waals surface area contributed by atoms with E-state index in [0.717, 1.165) is 10.6 Å². The van der Waals surface area contributed by atoms with Crippen molar-refractivity contribution in [1.29, 1.82) is 10.5 Å². The molecule has 0 radical (unpaired) electrons.